The highest BCUT2D eigenvalue weighted by Gasteiger charge is 2.20. The van der Waals surface area contributed by atoms with E-state index in [1.54, 1.807) is 0 Å². The molecule has 6 nitrogen and oxygen atoms in total. The van der Waals surface area contributed by atoms with Crippen molar-refractivity contribution in [3.63, 3.8) is 0 Å². The predicted octanol–water partition coefficient (Wildman–Crippen LogP) is 18.8. The lowest BCUT2D eigenvalue weighted by atomic mass is 10.0. The molecule has 0 bridgehead atoms. The molecule has 0 saturated heterocycles. The van der Waals surface area contributed by atoms with E-state index in [1.165, 1.54) is 212 Å². The summed E-state index contributed by atoms with van der Waals surface area (Å²) in [6, 6.07) is -0.564. The second kappa shape index (κ2) is 57.7. The number of carbonyl (C=O) groups is 2. The van der Waals surface area contributed by atoms with E-state index < -0.39 is 12.1 Å². The molecule has 0 aliphatic rings. The van der Waals surface area contributed by atoms with E-state index in [9.17, 15) is 19.8 Å². The maximum atomic E-state index is 12.5. The lowest BCUT2D eigenvalue weighted by molar-refractivity contribution is -0.143. The van der Waals surface area contributed by atoms with Gasteiger partial charge < -0.3 is 20.3 Å². The Hall–Kier alpha value is -1.92. The number of hydrogen-bond donors (Lipinski definition) is 3. The lowest BCUT2D eigenvalue weighted by Crippen LogP contribution is -2.45. The number of carbonyl (C=O) groups excluding carboxylic acids is 2. The number of allylic oxidation sites excluding steroid dienone is 6. The highest BCUT2D eigenvalue weighted by Crippen LogP contribution is 2.17. The van der Waals surface area contributed by atoms with Crippen molar-refractivity contribution in [2.75, 3.05) is 13.2 Å². The van der Waals surface area contributed by atoms with Gasteiger partial charge in [-0.05, 0) is 83.5 Å². The Bertz CT molecular complexity index is 1100. The third-order valence-electron chi connectivity index (χ3n) is 13.9. The van der Waals surface area contributed by atoms with Crippen molar-refractivity contribution in [3.05, 3.63) is 36.5 Å². The molecule has 0 aromatic rings. The fourth-order valence-electron chi connectivity index (χ4n) is 9.25. The second-order valence-corrected chi connectivity index (χ2v) is 20.7. The van der Waals surface area contributed by atoms with Crippen molar-refractivity contribution in [2.45, 2.75) is 334 Å². The summed E-state index contributed by atoms with van der Waals surface area (Å²) < 4.78 is 5.47. The number of nitrogens with one attached hydrogen (secondary N) is 1. The molecule has 0 aromatic carbocycles. The second-order valence-electron chi connectivity index (χ2n) is 20.7. The highest BCUT2D eigenvalue weighted by molar-refractivity contribution is 5.76. The van der Waals surface area contributed by atoms with Gasteiger partial charge in [0.15, 0.2) is 0 Å². The Morgan fingerprint density at radius 3 is 1.18 bits per heavy atom. The third-order valence-corrected chi connectivity index (χ3v) is 13.9. The molecule has 0 aromatic heterocycles. The normalized spacial score (nSPS) is 12.8. The van der Waals surface area contributed by atoms with Gasteiger partial charge in [-0.3, -0.25) is 9.59 Å². The number of unbranched alkanes of at least 4 members (excludes halogenated alkanes) is 39. The molecule has 0 aliphatic heterocycles. The molecule has 1 amide bonds. The molecule has 68 heavy (non-hydrogen) atoms. The minimum Gasteiger partial charge on any atom is -0.466 e. The highest BCUT2D eigenvalue weighted by atomic mass is 16.5. The Morgan fingerprint density at radius 2 is 0.735 bits per heavy atom. The van der Waals surface area contributed by atoms with Crippen LogP contribution in [0.2, 0.25) is 0 Å². The Morgan fingerprint density at radius 1 is 0.412 bits per heavy atom. The summed E-state index contributed by atoms with van der Waals surface area (Å²) in [4.78, 5) is 24.6. The van der Waals surface area contributed by atoms with E-state index >= 15 is 0 Å². The van der Waals surface area contributed by atoms with Crippen LogP contribution in [-0.2, 0) is 14.3 Å². The van der Waals surface area contributed by atoms with Gasteiger partial charge in [0, 0.05) is 12.8 Å². The zero-order valence-corrected chi connectivity index (χ0v) is 45.6. The molecule has 0 aliphatic carbocycles. The Kier molecular flexibility index (Phi) is 56.0. The van der Waals surface area contributed by atoms with Crippen LogP contribution in [0.5, 0.6) is 0 Å². The van der Waals surface area contributed by atoms with Crippen molar-refractivity contribution >= 4 is 11.9 Å². The zero-order chi connectivity index (χ0) is 49.3. The van der Waals surface area contributed by atoms with E-state index in [0.29, 0.717) is 25.9 Å². The van der Waals surface area contributed by atoms with Crippen LogP contribution >= 0.6 is 0 Å². The van der Waals surface area contributed by atoms with Crippen molar-refractivity contribution in [2.24, 2.45) is 0 Å². The topological polar surface area (TPSA) is 95.9 Å². The standard InChI is InChI=1S/C62H117NO5/c1-3-5-7-9-11-13-15-17-19-21-22-23-24-26-27-30-34-38-42-46-50-54-60(65)59(58-64)63-61(66)55-51-47-43-39-35-31-29-33-37-41-45-49-53-57-68-62(67)56-52-48-44-40-36-32-28-25-20-18-16-14-12-10-8-6-4-2/h12,14,18,20,31,35,59-60,64-65H,3-11,13,15-17,19,21-30,32-34,36-58H2,1-2H3,(H,63,66)/b14-12-,20-18-,35-31-. The number of rotatable bonds is 56. The summed E-state index contributed by atoms with van der Waals surface area (Å²) >= 11 is 0. The van der Waals surface area contributed by atoms with Gasteiger partial charge in [-0.1, -0.05) is 262 Å². The van der Waals surface area contributed by atoms with Crippen LogP contribution in [0.3, 0.4) is 0 Å². The van der Waals surface area contributed by atoms with E-state index in [0.717, 1.165) is 77.0 Å². The molecule has 400 valence electrons. The van der Waals surface area contributed by atoms with Gasteiger partial charge in [-0.25, -0.2) is 0 Å². The van der Waals surface area contributed by atoms with Crippen molar-refractivity contribution < 1.29 is 24.5 Å². The first-order chi connectivity index (χ1) is 33.5. The van der Waals surface area contributed by atoms with Crippen LogP contribution in [0.1, 0.15) is 322 Å². The van der Waals surface area contributed by atoms with Gasteiger partial charge in [0.1, 0.15) is 0 Å². The van der Waals surface area contributed by atoms with Crippen molar-refractivity contribution in [3.8, 4) is 0 Å². The summed E-state index contributed by atoms with van der Waals surface area (Å²) in [5.41, 5.74) is 0. The molecule has 2 atom stereocenters. The summed E-state index contributed by atoms with van der Waals surface area (Å²) in [6.07, 6.45) is 71.4. The molecule has 2 unspecified atom stereocenters. The molecule has 0 fully saturated rings. The zero-order valence-electron chi connectivity index (χ0n) is 45.6. The lowest BCUT2D eigenvalue weighted by Gasteiger charge is -2.22. The maximum absolute atomic E-state index is 12.5. The van der Waals surface area contributed by atoms with Crippen LogP contribution in [-0.4, -0.2) is 47.4 Å². The number of esters is 1. The largest absolute Gasteiger partial charge is 0.466 e. The maximum Gasteiger partial charge on any atom is 0.305 e. The molecule has 6 heteroatoms. The first kappa shape index (κ1) is 66.1. The van der Waals surface area contributed by atoms with Crippen molar-refractivity contribution in [1.29, 1.82) is 0 Å². The van der Waals surface area contributed by atoms with Gasteiger partial charge >= 0.3 is 5.97 Å². The fourth-order valence-corrected chi connectivity index (χ4v) is 9.25. The molecule has 0 rings (SSSR count). The quantitative estimate of drug-likeness (QED) is 0.0321. The first-order valence-electron chi connectivity index (χ1n) is 30.2. The van der Waals surface area contributed by atoms with Crippen LogP contribution in [0.25, 0.3) is 0 Å². The van der Waals surface area contributed by atoms with Gasteiger partial charge in [0.2, 0.25) is 5.91 Å². The average molecular weight is 957 g/mol. The number of amides is 1. The van der Waals surface area contributed by atoms with E-state index in [1.807, 2.05) is 0 Å². The molecule has 0 spiro atoms. The number of aliphatic hydroxyl groups excluding tert-OH is 2. The van der Waals surface area contributed by atoms with Gasteiger partial charge in [-0.2, -0.15) is 0 Å². The predicted molar refractivity (Wildman–Crippen MR) is 296 cm³/mol. The van der Waals surface area contributed by atoms with Crippen molar-refractivity contribution in [1.82, 2.24) is 5.32 Å². The van der Waals surface area contributed by atoms with Crippen LogP contribution in [0, 0.1) is 0 Å². The SMILES string of the molecule is CCCCC/C=C\C/C=C\CCCCCCCCCC(=O)OCCCCCCCC/C=C\CCCCCC(=O)NC(CO)C(O)CCCCCCCCCCCCCCCCCCCCCCC. The summed E-state index contributed by atoms with van der Waals surface area (Å²) in [7, 11) is 0. The Labute approximate surface area is 424 Å². The number of ether oxygens (including phenoxy) is 1. The fraction of sp³-hybridized carbons (Fsp3) is 0.871. The number of aliphatic hydroxyl groups is 2. The van der Waals surface area contributed by atoms with E-state index in [-0.39, 0.29) is 18.5 Å². The smallest absolute Gasteiger partial charge is 0.305 e. The van der Waals surface area contributed by atoms with Gasteiger partial charge in [0.05, 0.1) is 25.4 Å². The molecular formula is C62H117NO5. The minimum atomic E-state index is -0.683. The third kappa shape index (κ3) is 53.4. The van der Waals surface area contributed by atoms with Crippen LogP contribution < -0.4 is 5.32 Å². The molecule has 0 radical (unpaired) electrons. The molecule has 0 heterocycles. The average Bonchev–Trinajstić information content (AvgIpc) is 3.34. The van der Waals surface area contributed by atoms with Crippen LogP contribution in [0.4, 0.5) is 0 Å². The minimum absolute atomic E-state index is 0.0198. The number of hydrogen-bond acceptors (Lipinski definition) is 5. The van der Waals surface area contributed by atoms with E-state index in [2.05, 4.69) is 55.6 Å². The molecular weight excluding hydrogens is 839 g/mol. The Balaban J connectivity index is 3.49. The summed E-state index contributed by atoms with van der Waals surface area (Å²) in [5.74, 6) is -0.0829. The molecule has 0 saturated carbocycles. The van der Waals surface area contributed by atoms with Gasteiger partial charge in [0.25, 0.3) is 0 Å². The van der Waals surface area contributed by atoms with Crippen LogP contribution in [0.15, 0.2) is 36.5 Å². The monoisotopic (exact) mass is 956 g/mol. The van der Waals surface area contributed by atoms with Gasteiger partial charge in [-0.15, -0.1) is 0 Å². The first-order valence-corrected chi connectivity index (χ1v) is 30.2. The van der Waals surface area contributed by atoms with E-state index in [4.69, 9.17) is 4.74 Å². The summed E-state index contributed by atoms with van der Waals surface area (Å²) in [5, 5.41) is 23.3. The molecule has 3 N–H and O–H groups in total. The summed E-state index contributed by atoms with van der Waals surface area (Å²) in [6.45, 7) is 4.90.